The molecular weight excluding hydrogens is 304 g/mol. The Morgan fingerprint density at radius 1 is 1.12 bits per heavy atom. The van der Waals surface area contributed by atoms with Gasteiger partial charge in [0.25, 0.3) is 5.91 Å². The van der Waals surface area contributed by atoms with E-state index < -0.39 is 0 Å². The van der Waals surface area contributed by atoms with Crippen LogP contribution < -0.4 is 10.6 Å². The number of aryl methyl sites for hydroxylation is 1. The molecule has 3 rings (SSSR count). The minimum absolute atomic E-state index is 0.0313. The smallest absolute Gasteiger partial charge is 0.255 e. The Balaban J connectivity index is 1.57. The molecule has 0 aromatic heterocycles. The minimum atomic E-state index is -0.317. The number of amides is 2. The van der Waals surface area contributed by atoms with Crippen LogP contribution in [0.2, 0.25) is 0 Å². The number of phenolic OH excluding ortho intramolecular Hbond substituents is 1. The first kappa shape index (κ1) is 16.1. The molecule has 0 heterocycles. The molecule has 2 amide bonds. The molecule has 1 aliphatic carbocycles. The van der Waals surface area contributed by atoms with Gasteiger partial charge in [0, 0.05) is 18.2 Å². The van der Waals surface area contributed by atoms with Crippen LogP contribution in [0, 0.1) is 12.8 Å². The first-order chi connectivity index (χ1) is 11.5. The molecule has 0 saturated heterocycles. The number of hydrogen-bond acceptors (Lipinski definition) is 3. The van der Waals surface area contributed by atoms with Gasteiger partial charge in [-0.15, -0.1) is 0 Å². The van der Waals surface area contributed by atoms with E-state index in [0.717, 1.165) is 29.7 Å². The fourth-order valence-electron chi connectivity index (χ4n) is 2.41. The molecule has 0 spiro atoms. The van der Waals surface area contributed by atoms with E-state index in [1.54, 1.807) is 12.1 Å². The molecule has 1 saturated carbocycles. The molecule has 1 aliphatic rings. The minimum Gasteiger partial charge on any atom is -0.507 e. The number of benzene rings is 2. The van der Waals surface area contributed by atoms with Crippen LogP contribution in [0.1, 0.15) is 34.3 Å². The third kappa shape index (κ3) is 3.93. The van der Waals surface area contributed by atoms with Crippen molar-refractivity contribution >= 4 is 17.5 Å². The summed E-state index contributed by atoms with van der Waals surface area (Å²) < 4.78 is 0. The molecule has 2 aromatic rings. The van der Waals surface area contributed by atoms with Gasteiger partial charge >= 0.3 is 0 Å². The maximum Gasteiger partial charge on any atom is 0.255 e. The van der Waals surface area contributed by atoms with Crippen molar-refractivity contribution < 1.29 is 14.7 Å². The normalized spacial score (nSPS) is 13.4. The van der Waals surface area contributed by atoms with E-state index in [1.165, 1.54) is 6.07 Å². The molecule has 124 valence electrons. The van der Waals surface area contributed by atoms with Gasteiger partial charge in [0.15, 0.2) is 0 Å². The highest BCUT2D eigenvalue weighted by atomic mass is 16.3. The number of hydrogen-bond donors (Lipinski definition) is 3. The van der Waals surface area contributed by atoms with Crippen LogP contribution in [-0.4, -0.2) is 16.9 Å². The quantitative estimate of drug-likeness (QED) is 0.791. The Morgan fingerprint density at radius 3 is 2.50 bits per heavy atom. The Bertz CT molecular complexity index is 765. The fraction of sp³-hybridized carbons (Fsp3) is 0.263. The second-order valence-electron chi connectivity index (χ2n) is 6.16. The monoisotopic (exact) mass is 324 g/mol. The SMILES string of the molecule is Cc1ccc(O)c(C(=O)NCc2ccc(NC(=O)C3CC3)cc2)c1. The van der Waals surface area contributed by atoms with E-state index in [9.17, 15) is 14.7 Å². The van der Waals surface area contributed by atoms with Crippen molar-refractivity contribution in [1.82, 2.24) is 5.32 Å². The van der Waals surface area contributed by atoms with Crippen molar-refractivity contribution in [3.05, 3.63) is 59.2 Å². The summed E-state index contributed by atoms with van der Waals surface area (Å²) in [5, 5.41) is 15.4. The second-order valence-corrected chi connectivity index (χ2v) is 6.16. The lowest BCUT2D eigenvalue weighted by Gasteiger charge is -2.09. The van der Waals surface area contributed by atoms with Gasteiger partial charge in [-0.25, -0.2) is 0 Å². The van der Waals surface area contributed by atoms with Crippen LogP contribution in [0.25, 0.3) is 0 Å². The lowest BCUT2D eigenvalue weighted by atomic mass is 10.1. The van der Waals surface area contributed by atoms with Gasteiger partial charge in [-0.1, -0.05) is 23.8 Å². The highest BCUT2D eigenvalue weighted by Crippen LogP contribution is 2.30. The van der Waals surface area contributed by atoms with E-state index in [0.29, 0.717) is 6.54 Å². The van der Waals surface area contributed by atoms with E-state index in [1.807, 2.05) is 31.2 Å². The number of carbonyl (C=O) groups is 2. The van der Waals surface area contributed by atoms with Gasteiger partial charge in [-0.2, -0.15) is 0 Å². The fourth-order valence-corrected chi connectivity index (χ4v) is 2.41. The zero-order valence-corrected chi connectivity index (χ0v) is 13.5. The van der Waals surface area contributed by atoms with Gasteiger partial charge in [-0.3, -0.25) is 9.59 Å². The average molecular weight is 324 g/mol. The lowest BCUT2D eigenvalue weighted by molar-refractivity contribution is -0.117. The number of rotatable bonds is 5. The average Bonchev–Trinajstić information content (AvgIpc) is 3.41. The predicted molar refractivity (Wildman–Crippen MR) is 91.8 cm³/mol. The number of carbonyl (C=O) groups excluding carboxylic acids is 2. The van der Waals surface area contributed by atoms with Crippen molar-refractivity contribution in [2.75, 3.05) is 5.32 Å². The molecule has 0 aliphatic heterocycles. The Hall–Kier alpha value is -2.82. The zero-order chi connectivity index (χ0) is 17.1. The summed E-state index contributed by atoms with van der Waals surface area (Å²) in [6.07, 6.45) is 1.95. The van der Waals surface area contributed by atoms with Gasteiger partial charge in [-0.05, 0) is 49.6 Å². The van der Waals surface area contributed by atoms with Crippen molar-refractivity contribution in [3.63, 3.8) is 0 Å². The second kappa shape index (κ2) is 6.74. The van der Waals surface area contributed by atoms with Crippen molar-refractivity contribution in [1.29, 1.82) is 0 Å². The first-order valence-corrected chi connectivity index (χ1v) is 8.00. The lowest BCUT2D eigenvalue weighted by Crippen LogP contribution is -2.23. The summed E-state index contributed by atoms with van der Waals surface area (Å²) in [4.78, 5) is 23.9. The number of phenols is 1. The van der Waals surface area contributed by atoms with Crippen LogP contribution in [0.3, 0.4) is 0 Å². The first-order valence-electron chi connectivity index (χ1n) is 8.00. The topological polar surface area (TPSA) is 78.4 Å². The summed E-state index contributed by atoms with van der Waals surface area (Å²) in [5.41, 5.74) is 2.86. The molecule has 1 fully saturated rings. The predicted octanol–water partition coefficient (Wildman–Crippen LogP) is 2.98. The van der Waals surface area contributed by atoms with Gasteiger partial charge in [0.1, 0.15) is 5.75 Å². The molecule has 0 bridgehead atoms. The molecule has 3 N–H and O–H groups in total. The third-order valence-electron chi connectivity index (χ3n) is 4.02. The highest BCUT2D eigenvalue weighted by molar-refractivity contribution is 5.97. The molecule has 24 heavy (non-hydrogen) atoms. The highest BCUT2D eigenvalue weighted by Gasteiger charge is 2.29. The van der Waals surface area contributed by atoms with Crippen LogP contribution in [0.15, 0.2) is 42.5 Å². The molecular formula is C19H20N2O3. The van der Waals surface area contributed by atoms with E-state index in [4.69, 9.17) is 0 Å². The summed E-state index contributed by atoms with van der Waals surface area (Å²) in [5.74, 6) is -0.101. The van der Waals surface area contributed by atoms with E-state index in [-0.39, 0.29) is 29.0 Å². The van der Waals surface area contributed by atoms with E-state index >= 15 is 0 Å². The largest absolute Gasteiger partial charge is 0.507 e. The molecule has 5 heteroatoms. The summed E-state index contributed by atoms with van der Waals surface area (Å²) >= 11 is 0. The number of aromatic hydroxyl groups is 1. The molecule has 0 radical (unpaired) electrons. The van der Waals surface area contributed by atoms with E-state index in [2.05, 4.69) is 10.6 Å². The third-order valence-corrected chi connectivity index (χ3v) is 4.02. The Kier molecular flexibility index (Phi) is 4.51. The molecule has 5 nitrogen and oxygen atoms in total. The summed E-state index contributed by atoms with van der Waals surface area (Å²) in [6, 6.07) is 12.3. The van der Waals surface area contributed by atoms with Crippen LogP contribution in [-0.2, 0) is 11.3 Å². The van der Waals surface area contributed by atoms with Crippen LogP contribution in [0.4, 0.5) is 5.69 Å². The van der Waals surface area contributed by atoms with Gasteiger partial charge in [0.2, 0.25) is 5.91 Å². The molecule has 0 atom stereocenters. The summed E-state index contributed by atoms with van der Waals surface area (Å²) in [7, 11) is 0. The van der Waals surface area contributed by atoms with Crippen molar-refractivity contribution in [2.24, 2.45) is 5.92 Å². The summed E-state index contributed by atoms with van der Waals surface area (Å²) in [6.45, 7) is 2.22. The zero-order valence-electron chi connectivity index (χ0n) is 13.5. The number of anilines is 1. The van der Waals surface area contributed by atoms with Crippen molar-refractivity contribution in [2.45, 2.75) is 26.3 Å². The Labute approximate surface area is 140 Å². The maximum atomic E-state index is 12.2. The van der Waals surface area contributed by atoms with Gasteiger partial charge < -0.3 is 15.7 Å². The van der Waals surface area contributed by atoms with Gasteiger partial charge in [0.05, 0.1) is 5.56 Å². The molecule has 0 unspecified atom stereocenters. The van der Waals surface area contributed by atoms with Crippen molar-refractivity contribution in [3.8, 4) is 5.75 Å². The van der Waals surface area contributed by atoms with Crippen LogP contribution in [0.5, 0.6) is 5.75 Å². The Morgan fingerprint density at radius 2 is 1.83 bits per heavy atom. The number of nitrogens with one attached hydrogen (secondary N) is 2. The maximum absolute atomic E-state index is 12.2. The molecule has 2 aromatic carbocycles. The van der Waals surface area contributed by atoms with Crippen LogP contribution >= 0.6 is 0 Å². The standard InChI is InChI=1S/C19H20N2O3/c1-12-2-9-17(22)16(10-12)19(24)20-11-13-3-7-15(8-4-13)21-18(23)14-5-6-14/h2-4,7-10,14,22H,5-6,11H2,1H3,(H,20,24)(H,21,23).